The molecular weight excluding hydrogens is 154 g/mol. The van der Waals surface area contributed by atoms with Crippen molar-refractivity contribution in [3.63, 3.8) is 0 Å². The van der Waals surface area contributed by atoms with E-state index in [4.69, 9.17) is 19.2 Å². The zero-order valence-corrected chi connectivity index (χ0v) is 7.70. The summed E-state index contributed by atoms with van der Waals surface area (Å²) in [6.07, 6.45) is 0. The molecule has 0 aromatic carbocycles. The zero-order chi connectivity index (χ0) is 9.00. The average Bonchev–Trinajstić information content (AvgIpc) is 1.12. The van der Waals surface area contributed by atoms with Gasteiger partial charge in [-0.15, -0.1) is 0 Å². The number of rotatable bonds is 0. The molecule has 0 unspecified atom stereocenters. The van der Waals surface area contributed by atoms with Crippen molar-refractivity contribution in [1.29, 1.82) is 0 Å². The minimum atomic E-state index is -4.86. The molecule has 0 amide bonds. The molecule has 0 bridgehead atoms. The van der Waals surface area contributed by atoms with Crippen molar-refractivity contribution in [1.82, 2.24) is 0 Å². The second kappa shape index (κ2) is 4.01. The summed E-state index contributed by atoms with van der Waals surface area (Å²) in [5.74, 6) is 0. The van der Waals surface area contributed by atoms with Crippen LogP contribution < -0.4 is 4.80 Å². The first-order valence-electron chi connectivity index (χ1n) is 2.66. The van der Waals surface area contributed by atoms with Crippen LogP contribution in [0.4, 0.5) is 0 Å². The van der Waals surface area contributed by atoms with Gasteiger partial charge in [0.1, 0.15) is 0 Å². The third-order valence-corrected chi connectivity index (χ3v) is 0. The molecule has 3 N–H and O–H groups in total. The number of quaternary nitrogens is 1. The standard InChI is InChI=1S/C4H12N.H3O4Si/c2*1-5(2,3)4/h1-4H3;1-3H/q+1;-1. The second-order valence-electron chi connectivity index (χ2n) is 3.26. The molecule has 0 saturated heterocycles. The smallest absolute Gasteiger partial charge is 0.404 e. The van der Waals surface area contributed by atoms with E-state index in [1.807, 2.05) is 0 Å². The van der Waals surface area contributed by atoms with Gasteiger partial charge in [0.2, 0.25) is 0 Å². The number of nitrogens with zero attached hydrogens (tertiary/aromatic N) is 1. The molecule has 0 rings (SSSR count). The van der Waals surface area contributed by atoms with Gasteiger partial charge in [-0.1, -0.05) is 0 Å². The maximum atomic E-state index is 8.91. The molecule has 0 spiro atoms. The van der Waals surface area contributed by atoms with Crippen molar-refractivity contribution in [3.05, 3.63) is 0 Å². The molecule has 0 heterocycles. The minimum absolute atomic E-state index is 1.00. The molecule has 0 aromatic rings. The first-order chi connectivity index (χ1) is 4.00. The summed E-state index contributed by atoms with van der Waals surface area (Å²) in [5, 5.41) is 0. The van der Waals surface area contributed by atoms with E-state index in [1.54, 1.807) is 0 Å². The minimum Gasteiger partial charge on any atom is -0.794 e. The Kier molecular flexibility index (Phi) is 5.09. The molecule has 0 aliphatic heterocycles. The second-order valence-corrected chi connectivity index (χ2v) is 4.40. The lowest BCUT2D eigenvalue weighted by Gasteiger charge is -2.14. The molecule has 0 radical (unpaired) electrons. The van der Waals surface area contributed by atoms with E-state index in [0.29, 0.717) is 0 Å². The summed E-state index contributed by atoms with van der Waals surface area (Å²) in [5.41, 5.74) is 0. The highest BCUT2D eigenvalue weighted by atomic mass is 28.4. The van der Waals surface area contributed by atoms with Gasteiger partial charge in [-0.3, -0.25) is 0 Å². The summed E-state index contributed by atoms with van der Waals surface area (Å²) < 4.78 is 1.00. The predicted octanol–water partition coefficient (Wildman–Crippen LogP) is -2.92. The van der Waals surface area contributed by atoms with Crippen LogP contribution >= 0.6 is 0 Å². The normalized spacial score (nSPS) is 12.0. The summed E-state index contributed by atoms with van der Waals surface area (Å²) >= 11 is 0. The molecule has 0 aliphatic carbocycles. The Morgan fingerprint density at radius 2 is 1.00 bits per heavy atom. The van der Waals surface area contributed by atoms with Crippen molar-refractivity contribution < 1.29 is 23.7 Å². The molecule has 64 valence electrons. The Morgan fingerprint density at radius 3 is 1.00 bits per heavy atom. The van der Waals surface area contributed by atoms with E-state index in [2.05, 4.69) is 28.2 Å². The van der Waals surface area contributed by atoms with Crippen LogP contribution in [0.5, 0.6) is 0 Å². The van der Waals surface area contributed by atoms with E-state index in [9.17, 15) is 0 Å². The third-order valence-electron chi connectivity index (χ3n) is 0. The highest BCUT2D eigenvalue weighted by molar-refractivity contribution is 6.44. The fourth-order valence-corrected chi connectivity index (χ4v) is 0. The average molecular weight is 169 g/mol. The fourth-order valence-electron chi connectivity index (χ4n) is 0. The van der Waals surface area contributed by atoms with Crippen LogP contribution in [0.15, 0.2) is 0 Å². The molecule has 0 saturated carbocycles. The van der Waals surface area contributed by atoms with Crippen molar-refractivity contribution >= 4 is 9.05 Å². The van der Waals surface area contributed by atoms with E-state index in [0.717, 1.165) is 4.48 Å². The molecule has 10 heavy (non-hydrogen) atoms. The van der Waals surface area contributed by atoms with Gasteiger partial charge in [0.15, 0.2) is 0 Å². The summed E-state index contributed by atoms with van der Waals surface area (Å²) in [6.45, 7) is 0. The number of hydrogen-bond donors (Lipinski definition) is 3. The first-order valence-corrected chi connectivity index (χ1v) is 4.41. The Labute approximate surface area is 61.9 Å². The maximum absolute atomic E-state index is 8.91. The maximum Gasteiger partial charge on any atom is 0.404 e. The predicted molar refractivity (Wildman–Crippen MR) is 36.4 cm³/mol. The fraction of sp³-hybridized carbons (Fsp3) is 1.00. The van der Waals surface area contributed by atoms with Crippen LogP contribution in [-0.2, 0) is 0 Å². The van der Waals surface area contributed by atoms with Crippen LogP contribution in [0.1, 0.15) is 0 Å². The van der Waals surface area contributed by atoms with Crippen LogP contribution in [0, 0.1) is 0 Å². The van der Waals surface area contributed by atoms with E-state index < -0.39 is 9.05 Å². The SMILES string of the molecule is C[N+](C)(C)C.[O-][Si](O)(O)O. The first kappa shape index (κ1) is 12.7. The summed E-state index contributed by atoms with van der Waals surface area (Å²) in [6, 6.07) is 0. The van der Waals surface area contributed by atoms with Gasteiger partial charge in [0.05, 0.1) is 28.2 Å². The quantitative estimate of drug-likeness (QED) is 0.268. The lowest BCUT2D eigenvalue weighted by Crippen LogP contribution is -2.50. The highest BCUT2D eigenvalue weighted by Gasteiger charge is 2.01. The van der Waals surface area contributed by atoms with Crippen LogP contribution in [0.25, 0.3) is 0 Å². The Balaban J connectivity index is 0. The molecule has 5 nitrogen and oxygen atoms in total. The molecule has 0 aliphatic rings. The summed E-state index contributed by atoms with van der Waals surface area (Å²) in [7, 11) is 3.64. The lowest BCUT2D eigenvalue weighted by atomic mass is 10.8. The third kappa shape index (κ3) is 1380000. The molecule has 0 aromatic heterocycles. The topological polar surface area (TPSA) is 83.8 Å². The van der Waals surface area contributed by atoms with Gasteiger partial charge in [0, 0.05) is 0 Å². The Hall–Kier alpha value is 0.0169. The molecular formula is C4H15NO4Si. The van der Waals surface area contributed by atoms with E-state index >= 15 is 0 Å². The van der Waals surface area contributed by atoms with Crippen LogP contribution in [0.3, 0.4) is 0 Å². The zero-order valence-electron chi connectivity index (χ0n) is 6.70. The molecule has 0 fully saturated rings. The monoisotopic (exact) mass is 169 g/mol. The van der Waals surface area contributed by atoms with Crippen LogP contribution in [0.2, 0.25) is 0 Å². The molecule has 6 heteroatoms. The van der Waals surface area contributed by atoms with Crippen molar-refractivity contribution in [2.75, 3.05) is 28.2 Å². The van der Waals surface area contributed by atoms with Gasteiger partial charge in [-0.05, 0) is 0 Å². The van der Waals surface area contributed by atoms with Crippen molar-refractivity contribution in [2.45, 2.75) is 0 Å². The number of hydrogen-bond acceptors (Lipinski definition) is 4. The van der Waals surface area contributed by atoms with Gasteiger partial charge in [-0.2, -0.15) is 0 Å². The Bertz CT molecular complexity index is 60.2. The highest BCUT2D eigenvalue weighted by Crippen LogP contribution is 1.73. The van der Waals surface area contributed by atoms with Crippen molar-refractivity contribution in [3.8, 4) is 0 Å². The summed E-state index contributed by atoms with van der Waals surface area (Å²) in [4.78, 5) is 30.6. The van der Waals surface area contributed by atoms with Gasteiger partial charge >= 0.3 is 9.05 Å². The lowest BCUT2D eigenvalue weighted by molar-refractivity contribution is -0.849. The van der Waals surface area contributed by atoms with Crippen LogP contribution in [-0.4, -0.2) is 56.1 Å². The van der Waals surface area contributed by atoms with Gasteiger partial charge < -0.3 is 23.7 Å². The van der Waals surface area contributed by atoms with Gasteiger partial charge in [0.25, 0.3) is 0 Å². The van der Waals surface area contributed by atoms with E-state index in [1.165, 1.54) is 0 Å². The Morgan fingerprint density at radius 1 is 1.00 bits per heavy atom. The van der Waals surface area contributed by atoms with E-state index in [-0.39, 0.29) is 0 Å². The molecule has 0 atom stereocenters. The van der Waals surface area contributed by atoms with Crippen molar-refractivity contribution in [2.24, 2.45) is 0 Å². The largest absolute Gasteiger partial charge is 0.794 e. The van der Waals surface area contributed by atoms with Gasteiger partial charge in [-0.25, -0.2) is 0 Å².